The second-order valence-corrected chi connectivity index (χ2v) is 6.62. The Morgan fingerprint density at radius 3 is 1.68 bits per heavy atom. The average molecular weight is 364 g/mol. The summed E-state index contributed by atoms with van der Waals surface area (Å²) in [7, 11) is 0. The number of aryl methyl sites for hydroxylation is 1. The Labute approximate surface area is 168 Å². The van der Waals surface area contributed by atoms with Crippen molar-refractivity contribution in [2.45, 2.75) is 26.7 Å². The van der Waals surface area contributed by atoms with Crippen LogP contribution in [0, 0.1) is 30.6 Å². The molecule has 0 amide bonds. The monoisotopic (exact) mass is 364 g/mol. The van der Waals surface area contributed by atoms with E-state index in [0.29, 0.717) is 6.61 Å². The lowest BCUT2D eigenvalue weighted by atomic mass is 10.0. The molecular formula is C27H24O. The SMILES string of the molecule is CCCCOc1c(C#Cc2ccccc2)cc(C)cc1C#Cc1ccccc1. The lowest BCUT2D eigenvalue weighted by Gasteiger charge is -2.11. The minimum atomic E-state index is 0.666. The van der Waals surface area contributed by atoms with Crippen LogP contribution in [0.15, 0.2) is 72.8 Å². The highest BCUT2D eigenvalue weighted by molar-refractivity contribution is 5.60. The zero-order valence-corrected chi connectivity index (χ0v) is 16.5. The van der Waals surface area contributed by atoms with Crippen LogP contribution in [0.25, 0.3) is 0 Å². The minimum absolute atomic E-state index is 0.666. The standard InChI is InChI=1S/C27H24O/c1-3-4-19-28-27-25(17-15-23-11-7-5-8-12-23)20-22(2)21-26(27)18-16-24-13-9-6-10-14-24/h5-14,20-21H,3-4,19H2,1-2H3. The topological polar surface area (TPSA) is 9.23 Å². The third-order valence-electron chi connectivity index (χ3n) is 4.21. The van der Waals surface area contributed by atoms with Crippen LogP contribution < -0.4 is 4.74 Å². The van der Waals surface area contributed by atoms with Crippen molar-refractivity contribution in [2.24, 2.45) is 0 Å². The van der Waals surface area contributed by atoms with Crippen LogP contribution in [-0.4, -0.2) is 6.61 Å². The van der Waals surface area contributed by atoms with E-state index in [0.717, 1.165) is 46.4 Å². The van der Waals surface area contributed by atoms with Gasteiger partial charge < -0.3 is 4.74 Å². The van der Waals surface area contributed by atoms with E-state index in [9.17, 15) is 0 Å². The molecule has 0 fully saturated rings. The van der Waals surface area contributed by atoms with Crippen LogP contribution in [0.5, 0.6) is 5.75 Å². The third kappa shape index (κ3) is 5.54. The van der Waals surface area contributed by atoms with Gasteiger partial charge in [-0.2, -0.15) is 0 Å². The van der Waals surface area contributed by atoms with Crippen molar-refractivity contribution in [2.75, 3.05) is 6.61 Å². The number of rotatable bonds is 4. The first kappa shape index (κ1) is 19.3. The molecule has 0 spiro atoms. The van der Waals surface area contributed by atoms with Crippen molar-refractivity contribution in [3.63, 3.8) is 0 Å². The lowest BCUT2D eigenvalue weighted by Crippen LogP contribution is -2.01. The second-order valence-electron chi connectivity index (χ2n) is 6.62. The molecule has 0 saturated carbocycles. The number of hydrogen-bond acceptors (Lipinski definition) is 1. The summed E-state index contributed by atoms with van der Waals surface area (Å²) in [6, 6.07) is 24.2. The molecule has 0 atom stereocenters. The van der Waals surface area contributed by atoms with Crippen LogP contribution in [0.2, 0.25) is 0 Å². The maximum Gasteiger partial charge on any atom is 0.150 e. The predicted octanol–water partition coefficient (Wildman–Crippen LogP) is 5.97. The highest BCUT2D eigenvalue weighted by atomic mass is 16.5. The summed E-state index contributed by atoms with van der Waals surface area (Å²) in [6.07, 6.45) is 2.09. The Morgan fingerprint density at radius 2 is 1.21 bits per heavy atom. The van der Waals surface area contributed by atoms with E-state index in [2.05, 4.69) is 49.7 Å². The third-order valence-corrected chi connectivity index (χ3v) is 4.21. The van der Waals surface area contributed by atoms with Crippen LogP contribution >= 0.6 is 0 Å². The average Bonchev–Trinajstić information content (AvgIpc) is 2.73. The fraction of sp³-hybridized carbons (Fsp3) is 0.185. The van der Waals surface area contributed by atoms with Crippen molar-refractivity contribution in [3.05, 3.63) is 101 Å². The Kier molecular flexibility index (Phi) is 6.95. The summed E-state index contributed by atoms with van der Waals surface area (Å²) in [6.45, 7) is 4.89. The Morgan fingerprint density at radius 1 is 0.714 bits per heavy atom. The highest BCUT2D eigenvalue weighted by Crippen LogP contribution is 2.25. The van der Waals surface area contributed by atoms with E-state index in [-0.39, 0.29) is 0 Å². The molecule has 0 radical (unpaired) electrons. The van der Waals surface area contributed by atoms with Gasteiger partial charge in [-0.3, -0.25) is 0 Å². The van der Waals surface area contributed by atoms with E-state index in [4.69, 9.17) is 4.74 Å². The fourth-order valence-corrected chi connectivity index (χ4v) is 2.75. The Balaban J connectivity index is 2.02. The molecule has 28 heavy (non-hydrogen) atoms. The maximum absolute atomic E-state index is 6.14. The maximum atomic E-state index is 6.14. The van der Waals surface area contributed by atoms with Gasteiger partial charge in [-0.05, 0) is 55.3 Å². The first-order valence-electron chi connectivity index (χ1n) is 9.68. The lowest BCUT2D eigenvalue weighted by molar-refractivity contribution is 0.308. The zero-order valence-electron chi connectivity index (χ0n) is 16.5. The molecule has 3 aromatic carbocycles. The molecule has 1 heteroatoms. The minimum Gasteiger partial charge on any atom is -0.491 e. The number of ether oxygens (including phenoxy) is 1. The molecule has 0 heterocycles. The van der Waals surface area contributed by atoms with E-state index < -0.39 is 0 Å². The second kappa shape index (κ2) is 10.1. The van der Waals surface area contributed by atoms with Gasteiger partial charge in [0.15, 0.2) is 5.75 Å². The van der Waals surface area contributed by atoms with Gasteiger partial charge in [0.1, 0.15) is 0 Å². The van der Waals surface area contributed by atoms with Crippen molar-refractivity contribution in [1.29, 1.82) is 0 Å². The van der Waals surface area contributed by atoms with Crippen LogP contribution in [0.3, 0.4) is 0 Å². The molecule has 3 aromatic rings. The van der Waals surface area contributed by atoms with Crippen molar-refractivity contribution >= 4 is 0 Å². The summed E-state index contributed by atoms with van der Waals surface area (Å²) in [4.78, 5) is 0. The van der Waals surface area contributed by atoms with Crippen molar-refractivity contribution < 1.29 is 4.74 Å². The van der Waals surface area contributed by atoms with Gasteiger partial charge in [0.05, 0.1) is 17.7 Å². The van der Waals surface area contributed by atoms with Gasteiger partial charge in [0.25, 0.3) is 0 Å². The summed E-state index contributed by atoms with van der Waals surface area (Å²) in [5.74, 6) is 13.9. The molecule has 138 valence electrons. The van der Waals surface area contributed by atoms with E-state index >= 15 is 0 Å². The molecule has 0 bridgehead atoms. The van der Waals surface area contributed by atoms with Crippen LogP contribution in [-0.2, 0) is 0 Å². The van der Waals surface area contributed by atoms with Gasteiger partial charge in [0.2, 0.25) is 0 Å². The predicted molar refractivity (Wildman–Crippen MR) is 116 cm³/mol. The molecular weight excluding hydrogens is 340 g/mol. The number of benzene rings is 3. The van der Waals surface area contributed by atoms with Crippen LogP contribution in [0.1, 0.15) is 47.6 Å². The molecule has 1 nitrogen and oxygen atoms in total. The van der Waals surface area contributed by atoms with Crippen molar-refractivity contribution in [3.8, 4) is 29.4 Å². The first-order valence-corrected chi connectivity index (χ1v) is 9.68. The quantitative estimate of drug-likeness (QED) is 0.409. The molecule has 0 unspecified atom stereocenters. The van der Waals surface area contributed by atoms with E-state index in [1.807, 2.05) is 60.7 Å². The van der Waals surface area contributed by atoms with Gasteiger partial charge in [-0.15, -0.1) is 0 Å². The van der Waals surface area contributed by atoms with Crippen LogP contribution in [0.4, 0.5) is 0 Å². The molecule has 0 aliphatic rings. The molecule has 0 N–H and O–H groups in total. The molecule has 3 rings (SSSR count). The molecule has 0 aliphatic carbocycles. The summed E-state index contributed by atoms with van der Waals surface area (Å²) >= 11 is 0. The summed E-state index contributed by atoms with van der Waals surface area (Å²) < 4.78 is 6.14. The molecule has 0 saturated heterocycles. The summed E-state index contributed by atoms with van der Waals surface area (Å²) in [5, 5.41) is 0. The molecule has 0 aliphatic heterocycles. The first-order chi connectivity index (χ1) is 13.8. The van der Waals surface area contributed by atoms with Crippen molar-refractivity contribution in [1.82, 2.24) is 0 Å². The van der Waals surface area contributed by atoms with Gasteiger partial charge in [0, 0.05) is 11.1 Å². The van der Waals surface area contributed by atoms with Gasteiger partial charge in [-0.1, -0.05) is 73.4 Å². The summed E-state index contributed by atoms with van der Waals surface area (Å²) in [5.41, 5.74) is 4.87. The normalized spacial score (nSPS) is 9.64. The van der Waals surface area contributed by atoms with E-state index in [1.54, 1.807) is 0 Å². The Hall–Kier alpha value is -3.42. The number of hydrogen-bond donors (Lipinski definition) is 0. The Bertz CT molecular complexity index is 947. The smallest absolute Gasteiger partial charge is 0.150 e. The molecule has 0 aromatic heterocycles. The van der Waals surface area contributed by atoms with E-state index in [1.165, 1.54) is 0 Å². The largest absolute Gasteiger partial charge is 0.491 e. The fourth-order valence-electron chi connectivity index (χ4n) is 2.75. The highest BCUT2D eigenvalue weighted by Gasteiger charge is 2.09. The van der Waals surface area contributed by atoms with Gasteiger partial charge in [-0.25, -0.2) is 0 Å². The van der Waals surface area contributed by atoms with Gasteiger partial charge >= 0.3 is 0 Å². The number of unbranched alkanes of at least 4 members (excludes halogenated alkanes) is 1. The zero-order chi connectivity index (χ0) is 19.6.